The highest BCUT2D eigenvalue weighted by Gasteiger charge is 2.27. The molecule has 1 saturated heterocycles. The summed E-state index contributed by atoms with van der Waals surface area (Å²) in [6.45, 7) is 0. The van der Waals surface area contributed by atoms with E-state index < -0.39 is 9.84 Å². The predicted molar refractivity (Wildman–Crippen MR) is 62.1 cm³/mol. The normalized spacial score (nSPS) is 23.2. The number of nitrogens with one attached hydrogen (secondary N) is 1. The molecule has 1 aliphatic rings. The third-order valence-corrected chi connectivity index (χ3v) is 4.26. The fourth-order valence-electron chi connectivity index (χ4n) is 1.63. The van der Waals surface area contributed by atoms with Crippen LogP contribution in [0.3, 0.4) is 0 Å². The van der Waals surface area contributed by atoms with Crippen LogP contribution in [-0.2, 0) is 9.84 Å². The zero-order chi connectivity index (χ0) is 11.8. The number of aromatic nitrogens is 2. The summed E-state index contributed by atoms with van der Waals surface area (Å²) in [7, 11) is -2.91. The van der Waals surface area contributed by atoms with Crippen molar-refractivity contribution in [2.75, 3.05) is 22.6 Å². The number of halogens is 1. The van der Waals surface area contributed by atoms with Crippen LogP contribution in [0.15, 0.2) is 6.07 Å². The summed E-state index contributed by atoms with van der Waals surface area (Å²) in [5, 5.41) is 3.22. The van der Waals surface area contributed by atoms with Gasteiger partial charge in [0.15, 0.2) is 9.84 Å². The number of nitrogen functional groups attached to an aromatic ring is 1. The van der Waals surface area contributed by atoms with Gasteiger partial charge in [0.2, 0.25) is 5.95 Å². The maximum Gasteiger partial charge on any atom is 0.223 e. The second-order valence-electron chi connectivity index (χ2n) is 3.68. The number of anilines is 2. The van der Waals surface area contributed by atoms with Crippen molar-refractivity contribution in [3.63, 3.8) is 0 Å². The number of hydrogen-bond donors (Lipinski definition) is 2. The fourth-order valence-corrected chi connectivity index (χ4v) is 3.49. The molecule has 1 aromatic rings. The van der Waals surface area contributed by atoms with Crippen LogP contribution < -0.4 is 11.1 Å². The Bertz CT molecular complexity index is 485. The molecule has 1 unspecified atom stereocenters. The zero-order valence-electron chi connectivity index (χ0n) is 8.35. The highest BCUT2D eigenvalue weighted by Crippen LogP contribution is 2.18. The standard InChI is InChI=1S/C8H11ClN4O2S/c9-6-3-7(13-8(10)12-6)11-5-1-2-16(14,15)4-5/h3,5H,1-2,4H2,(H3,10,11,12,13). The van der Waals surface area contributed by atoms with Crippen molar-refractivity contribution in [1.29, 1.82) is 0 Å². The van der Waals surface area contributed by atoms with Gasteiger partial charge in [-0.15, -0.1) is 0 Å². The molecule has 0 saturated carbocycles. The van der Waals surface area contributed by atoms with Gasteiger partial charge < -0.3 is 11.1 Å². The van der Waals surface area contributed by atoms with E-state index in [1.807, 2.05) is 0 Å². The zero-order valence-corrected chi connectivity index (χ0v) is 9.92. The van der Waals surface area contributed by atoms with Gasteiger partial charge in [-0.05, 0) is 6.42 Å². The third kappa shape index (κ3) is 2.73. The summed E-state index contributed by atoms with van der Waals surface area (Å²) in [5.41, 5.74) is 5.42. The molecule has 0 bridgehead atoms. The molecule has 88 valence electrons. The van der Waals surface area contributed by atoms with Crippen LogP contribution in [0.25, 0.3) is 0 Å². The van der Waals surface area contributed by atoms with E-state index in [0.29, 0.717) is 12.2 Å². The predicted octanol–water partition coefficient (Wildman–Crippen LogP) is 0.311. The molecule has 1 atom stereocenters. The van der Waals surface area contributed by atoms with E-state index in [-0.39, 0.29) is 28.6 Å². The highest BCUT2D eigenvalue weighted by atomic mass is 35.5. The summed E-state index contributed by atoms with van der Waals surface area (Å²) in [5.74, 6) is 0.850. The third-order valence-electron chi connectivity index (χ3n) is 2.30. The fraction of sp³-hybridized carbons (Fsp3) is 0.500. The van der Waals surface area contributed by atoms with Gasteiger partial charge in [0.1, 0.15) is 11.0 Å². The summed E-state index contributed by atoms with van der Waals surface area (Å²) in [4.78, 5) is 7.63. The molecule has 1 fully saturated rings. The molecule has 0 radical (unpaired) electrons. The Morgan fingerprint density at radius 3 is 2.81 bits per heavy atom. The van der Waals surface area contributed by atoms with Crippen LogP contribution in [0.4, 0.5) is 11.8 Å². The van der Waals surface area contributed by atoms with Gasteiger partial charge in [0.05, 0.1) is 11.5 Å². The molecular formula is C8H11ClN4O2S. The number of nitrogens with two attached hydrogens (primary N) is 1. The topological polar surface area (TPSA) is 98.0 Å². The van der Waals surface area contributed by atoms with Gasteiger partial charge in [-0.25, -0.2) is 13.4 Å². The van der Waals surface area contributed by atoms with Gasteiger partial charge in [-0.3, -0.25) is 0 Å². The first-order chi connectivity index (χ1) is 7.44. The van der Waals surface area contributed by atoms with Crippen molar-refractivity contribution in [2.45, 2.75) is 12.5 Å². The Kier molecular flexibility index (Phi) is 2.90. The number of nitrogens with zero attached hydrogens (tertiary/aromatic N) is 2. The maximum absolute atomic E-state index is 11.2. The van der Waals surface area contributed by atoms with Crippen molar-refractivity contribution in [3.8, 4) is 0 Å². The minimum Gasteiger partial charge on any atom is -0.368 e. The van der Waals surface area contributed by atoms with Gasteiger partial charge >= 0.3 is 0 Å². The van der Waals surface area contributed by atoms with Crippen LogP contribution in [-0.4, -0.2) is 35.9 Å². The SMILES string of the molecule is Nc1nc(Cl)cc(NC2CCS(=O)(=O)C2)n1. The van der Waals surface area contributed by atoms with Crippen molar-refractivity contribution in [2.24, 2.45) is 0 Å². The summed E-state index contributed by atoms with van der Waals surface area (Å²) < 4.78 is 22.5. The average molecular weight is 263 g/mol. The van der Waals surface area contributed by atoms with E-state index in [1.54, 1.807) is 0 Å². The summed E-state index contributed by atoms with van der Waals surface area (Å²) in [6.07, 6.45) is 0.573. The highest BCUT2D eigenvalue weighted by molar-refractivity contribution is 7.91. The van der Waals surface area contributed by atoms with E-state index in [9.17, 15) is 8.42 Å². The minimum absolute atomic E-state index is 0.0656. The smallest absolute Gasteiger partial charge is 0.223 e. The monoisotopic (exact) mass is 262 g/mol. The Labute approximate surface area is 98.1 Å². The Morgan fingerprint density at radius 1 is 1.50 bits per heavy atom. The van der Waals surface area contributed by atoms with E-state index in [1.165, 1.54) is 6.07 Å². The number of rotatable bonds is 2. The van der Waals surface area contributed by atoms with Gasteiger partial charge in [0, 0.05) is 12.1 Å². The lowest BCUT2D eigenvalue weighted by Gasteiger charge is -2.11. The Balaban J connectivity index is 2.10. The average Bonchev–Trinajstić information content (AvgIpc) is 2.43. The molecule has 16 heavy (non-hydrogen) atoms. The van der Waals surface area contributed by atoms with Crippen LogP contribution >= 0.6 is 11.6 Å². The molecule has 0 aliphatic carbocycles. The van der Waals surface area contributed by atoms with Gasteiger partial charge in [-0.2, -0.15) is 4.98 Å². The second kappa shape index (κ2) is 4.06. The first-order valence-electron chi connectivity index (χ1n) is 4.72. The van der Waals surface area contributed by atoms with Crippen molar-refractivity contribution >= 4 is 33.2 Å². The summed E-state index contributed by atoms with van der Waals surface area (Å²) >= 11 is 5.70. The quantitative estimate of drug-likeness (QED) is 0.745. The lowest BCUT2D eigenvalue weighted by Crippen LogP contribution is -2.21. The first-order valence-corrected chi connectivity index (χ1v) is 6.91. The lowest BCUT2D eigenvalue weighted by molar-refractivity contribution is 0.602. The van der Waals surface area contributed by atoms with Crippen molar-refractivity contribution in [1.82, 2.24) is 9.97 Å². The van der Waals surface area contributed by atoms with Crippen LogP contribution in [0.5, 0.6) is 0 Å². The van der Waals surface area contributed by atoms with Crippen LogP contribution in [0.2, 0.25) is 5.15 Å². The van der Waals surface area contributed by atoms with Crippen molar-refractivity contribution < 1.29 is 8.42 Å². The van der Waals surface area contributed by atoms with Crippen LogP contribution in [0.1, 0.15) is 6.42 Å². The number of hydrogen-bond acceptors (Lipinski definition) is 6. The Hall–Kier alpha value is -1.08. The van der Waals surface area contributed by atoms with E-state index in [4.69, 9.17) is 17.3 Å². The first kappa shape index (κ1) is 11.4. The van der Waals surface area contributed by atoms with E-state index >= 15 is 0 Å². The van der Waals surface area contributed by atoms with E-state index in [0.717, 1.165) is 0 Å². The molecule has 0 aromatic carbocycles. The molecule has 3 N–H and O–H groups in total. The Morgan fingerprint density at radius 2 is 2.25 bits per heavy atom. The molecular weight excluding hydrogens is 252 g/mol. The molecule has 2 heterocycles. The molecule has 0 amide bonds. The molecule has 1 aromatic heterocycles. The van der Waals surface area contributed by atoms with Gasteiger partial charge in [-0.1, -0.05) is 11.6 Å². The minimum atomic E-state index is -2.91. The summed E-state index contributed by atoms with van der Waals surface area (Å²) in [6, 6.07) is 1.39. The van der Waals surface area contributed by atoms with E-state index in [2.05, 4.69) is 15.3 Å². The maximum atomic E-state index is 11.2. The molecule has 0 spiro atoms. The molecule has 1 aliphatic heterocycles. The molecule has 2 rings (SSSR count). The largest absolute Gasteiger partial charge is 0.368 e. The molecule has 8 heteroatoms. The number of sulfone groups is 1. The lowest BCUT2D eigenvalue weighted by atomic mass is 10.2. The van der Waals surface area contributed by atoms with Crippen LogP contribution in [0, 0.1) is 0 Å². The molecule has 6 nitrogen and oxygen atoms in total. The van der Waals surface area contributed by atoms with Crippen molar-refractivity contribution in [3.05, 3.63) is 11.2 Å². The van der Waals surface area contributed by atoms with Gasteiger partial charge in [0.25, 0.3) is 0 Å². The second-order valence-corrected chi connectivity index (χ2v) is 6.29.